The molecule has 0 saturated carbocycles. The van der Waals surface area contributed by atoms with E-state index in [1.165, 1.54) is 0 Å². The molecule has 5 aromatic heterocycles. The van der Waals surface area contributed by atoms with Gasteiger partial charge in [-0.3, -0.25) is 14.4 Å². The van der Waals surface area contributed by atoms with Crippen molar-refractivity contribution in [2.75, 3.05) is 0 Å². The lowest BCUT2D eigenvalue weighted by atomic mass is 9.94. The Labute approximate surface area is 246 Å². The molecule has 0 spiro atoms. The Hall–Kier alpha value is -5.94. The number of para-hydroxylation sites is 1. The fourth-order valence-corrected chi connectivity index (χ4v) is 6.25. The molecule has 0 amide bonds. The van der Waals surface area contributed by atoms with Crippen LogP contribution in [0.4, 0.5) is 0 Å². The van der Waals surface area contributed by atoms with E-state index < -0.39 is 0 Å². The molecule has 43 heavy (non-hydrogen) atoms. The summed E-state index contributed by atoms with van der Waals surface area (Å²) in [6, 6.07) is 42.0. The summed E-state index contributed by atoms with van der Waals surface area (Å²) in [6.07, 6.45) is 5.84. The van der Waals surface area contributed by atoms with Crippen molar-refractivity contribution >= 4 is 49.1 Å². The number of hydrogen-bond donors (Lipinski definition) is 0. The minimum absolute atomic E-state index is 0.886. The highest BCUT2D eigenvalue weighted by atomic mass is 15.0. The van der Waals surface area contributed by atoms with Crippen LogP contribution in [0.1, 0.15) is 0 Å². The van der Waals surface area contributed by atoms with Gasteiger partial charge in [-0.05, 0) is 41.3 Å². The Morgan fingerprint density at radius 3 is 2.26 bits per heavy atom. The highest BCUT2D eigenvalue weighted by Crippen LogP contribution is 2.39. The van der Waals surface area contributed by atoms with Crippen molar-refractivity contribution in [3.05, 3.63) is 140 Å². The van der Waals surface area contributed by atoms with Crippen LogP contribution in [-0.4, -0.2) is 24.3 Å². The number of aromatic nitrogens is 5. The first-order valence-electron chi connectivity index (χ1n) is 14.3. The van der Waals surface area contributed by atoms with E-state index in [4.69, 9.17) is 19.9 Å². The first-order chi connectivity index (χ1) is 21.3. The van der Waals surface area contributed by atoms with E-state index in [0.717, 1.165) is 82.9 Å². The average Bonchev–Trinajstić information content (AvgIpc) is 3.47. The molecule has 0 radical (unpaired) electrons. The van der Waals surface area contributed by atoms with Gasteiger partial charge in [-0.25, -0.2) is 9.97 Å². The van der Waals surface area contributed by atoms with Crippen LogP contribution >= 0.6 is 0 Å². The van der Waals surface area contributed by atoms with Crippen molar-refractivity contribution in [1.29, 1.82) is 0 Å². The maximum absolute atomic E-state index is 5.08. The van der Waals surface area contributed by atoms with Crippen LogP contribution < -0.4 is 0 Å². The van der Waals surface area contributed by atoms with Gasteiger partial charge in [0.05, 0.1) is 33.6 Å². The molecule has 200 valence electrons. The second-order valence-electron chi connectivity index (χ2n) is 10.8. The first kappa shape index (κ1) is 23.7. The normalized spacial score (nSPS) is 11.7. The minimum Gasteiger partial charge on any atom is -0.298 e. The molecule has 0 aliphatic heterocycles. The zero-order chi connectivity index (χ0) is 28.3. The third-order valence-corrected chi connectivity index (χ3v) is 8.27. The SMILES string of the molecule is c1ccc2cc(-c3c(-c4ccc(-c5c6ccccc6nc6c5ccc5cccnc56)cc4)nc4ccccn34)ncc2c1. The van der Waals surface area contributed by atoms with Gasteiger partial charge in [0.2, 0.25) is 0 Å². The first-order valence-corrected chi connectivity index (χ1v) is 14.3. The highest BCUT2D eigenvalue weighted by molar-refractivity contribution is 6.16. The Morgan fingerprint density at radius 2 is 1.33 bits per heavy atom. The monoisotopic (exact) mass is 549 g/mol. The van der Waals surface area contributed by atoms with E-state index >= 15 is 0 Å². The van der Waals surface area contributed by atoms with Crippen molar-refractivity contribution in [2.45, 2.75) is 0 Å². The molecule has 9 aromatic rings. The van der Waals surface area contributed by atoms with Gasteiger partial charge in [0.25, 0.3) is 0 Å². The number of rotatable bonds is 3. The molecule has 0 aliphatic carbocycles. The van der Waals surface area contributed by atoms with Gasteiger partial charge in [-0.2, -0.15) is 0 Å². The molecule has 5 heterocycles. The Kier molecular flexibility index (Phi) is 5.13. The standard InChI is InChI=1S/C38H23N5/c1-2-9-28-23-40-32(22-27(28)8-1)38-36(42-33-13-5-6-21-43(33)38)26-16-14-24(15-17-26)34-29-11-3-4-12-31(29)41-37-30(34)19-18-25-10-7-20-39-35(25)37/h1-23H. The van der Waals surface area contributed by atoms with E-state index in [2.05, 4.69) is 95.5 Å². The molecule has 5 nitrogen and oxygen atoms in total. The lowest BCUT2D eigenvalue weighted by molar-refractivity contribution is 1.17. The van der Waals surface area contributed by atoms with Crippen molar-refractivity contribution in [2.24, 2.45) is 0 Å². The van der Waals surface area contributed by atoms with Crippen molar-refractivity contribution in [1.82, 2.24) is 24.3 Å². The van der Waals surface area contributed by atoms with Crippen LogP contribution in [0, 0.1) is 0 Å². The number of nitrogens with zero attached hydrogens (tertiary/aromatic N) is 5. The lowest BCUT2D eigenvalue weighted by Crippen LogP contribution is -1.93. The van der Waals surface area contributed by atoms with E-state index in [9.17, 15) is 0 Å². The van der Waals surface area contributed by atoms with Crippen molar-refractivity contribution < 1.29 is 0 Å². The summed E-state index contributed by atoms with van der Waals surface area (Å²) in [6.45, 7) is 0. The van der Waals surface area contributed by atoms with Crippen LogP contribution in [0.15, 0.2) is 140 Å². The summed E-state index contributed by atoms with van der Waals surface area (Å²) < 4.78 is 2.13. The largest absolute Gasteiger partial charge is 0.298 e. The van der Waals surface area contributed by atoms with Crippen molar-refractivity contribution in [3.8, 4) is 33.8 Å². The molecule has 0 aliphatic rings. The quantitative estimate of drug-likeness (QED) is 0.163. The van der Waals surface area contributed by atoms with E-state index in [0.29, 0.717) is 0 Å². The van der Waals surface area contributed by atoms with Crippen LogP contribution in [0.5, 0.6) is 0 Å². The summed E-state index contributed by atoms with van der Waals surface area (Å²) in [5.74, 6) is 0. The van der Waals surface area contributed by atoms with Gasteiger partial charge >= 0.3 is 0 Å². The summed E-state index contributed by atoms with van der Waals surface area (Å²) in [4.78, 5) is 19.7. The molecule has 0 fully saturated rings. The second kappa shape index (κ2) is 9.29. The zero-order valence-electron chi connectivity index (χ0n) is 23.0. The molecule has 0 saturated heterocycles. The molecule has 0 unspecified atom stereocenters. The van der Waals surface area contributed by atoms with Crippen LogP contribution in [0.3, 0.4) is 0 Å². The second-order valence-corrected chi connectivity index (χ2v) is 10.8. The van der Waals surface area contributed by atoms with Gasteiger partial charge in [0.1, 0.15) is 5.65 Å². The molecule has 9 rings (SSSR count). The molecular weight excluding hydrogens is 526 g/mol. The number of fused-ring (bicyclic) bond motifs is 6. The average molecular weight is 550 g/mol. The molecule has 0 bridgehead atoms. The van der Waals surface area contributed by atoms with Gasteiger partial charge in [0.15, 0.2) is 0 Å². The van der Waals surface area contributed by atoms with Gasteiger partial charge < -0.3 is 0 Å². The van der Waals surface area contributed by atoms with Crippen LogP contribution in [0.2, 0.25) is 0 Å². The molecule has 5 heteroatoms. The fraction of sp³-hybridized carbons (Fsp3) is 0. The van der Waals surface area contributed by atoms with Crippen LogP contribution in [0.25, 0.3) is 82.9 Å². The number of benzene rings is 4. The lowest BCUT2D eigenvalue weighted by Gasteiger charge is -2.13. The Morgan fingerprint density at radius 1 is 0.535 bits per heavy atom. The van der Waals surface area contributed by atoms with Gasteiger partial charge in [-0.1, -0.05) is 91.0 Å². The molecule has 0 atom stereocenters. The van der Waals surface area contributed by atoms with E-state index in [1.807, 2.05) is 48.8 Å². The summed E-state index contributed by atoms with van der Waals surface area (Å²) >= 11 is 0. The highest BCUT2D eigenvalue weighted by Gasteiger charge is 2.19. The van der Waals surface area contributed by atoms with E-state index in [1.54, 1.807) is 0 Å². The maximum atomic E-state index is 5.08. The number of pyridine rings is 4. The van der Waals surface area contributed by atoms with E-state index in [-0.39, 0.29) is 0 Å². The Balaban J connectivity index is 1.25. The minimum atomic E-state index is 0.886. The van der Waals surface area contributed by atoms with Gasteiger partial charge in [0, 0.05) is 51.3 Å². The predicted octanol–water partition coefficient (Wildman–Crippen LogP) is 9.13. The maximum Gasteiger partial charge on any atom is 0.137 e. The van der Waals surface area contributed by atoms with Crippen LogP contribution in [-0.2, 0) is 0 Å². The van der Waals surface area contributed by atoms with Gasteiger partial charge in [-0.15, -0.1) is 0 Å². The smallest absolute Gasteiger partial charge is 0.137 e. The summed E-state index contributed by atoms with van der Waals surface area (Å²) in [5.41, 5.74) is 9.76. The Bertz CT molecular complexity index is 2510. The third-order valence-electron chi connectivity index (χ3n) is 8.27. The fourth-order valence-electron chi connectivity index (χ4n) is 6.25. The predicted molar refractivity (Wildman–Crippen MR) is 175 cm³/mol. The van der Waals surface area contributed by atoms with Crippen molar-refractivity contribution in [3.63, 3.8) is 0 Å². The number of hydrogen-bond acceptors (Lipinski definition) is 4. The third kappa shape index (κ3) is 3.72. The summed E-state index contributed by atoms with van der Waals surface area (Å²) in [7, 11) is 0. The topological polar surface area (TPSA) is 56.0 Å². The molecular formula is C38H23N5. The zero-order valence-corrected chi connectivity index (χ0v) is 23.0. The molecule has 0 N–H and O–H groups in total. The number of imidazole rings is 1. The molecule has 4 aromatic carbocycles. The summed E-state index contributed by atoms with van der Waals surface area (Å²) in [5, 5.41) is 5.56.